The summed E-state index contributed by atoms with van der Waals surface area (Å²) in [6.07, 6.45) is 5.21. The van der Waals surface area contributed by atoms with Crippen LogP contribution in [-0.4, -0.2) is 55.1 Å². The maximum absolute atomic E-state index is 13.7. The minimum Gasteiger partial charge on any atom is -0.367 e. The predicted octanol–water partition coefficient (Wildman–Crippen LogP) is 2.59. The molecule has 158 valence electrons. The highest BCUT2D eigenvalue weighted by molar-refractivity contribution is 5.98. The van der Waals surface area contributed by atoms with Crippen LogP contribution in [0.3, 0.4) is 0 Å². The predicted molar refractivity (Wildman–Crippen MR) is 115 cm³/mol. The normalized spacial score (nSPS) is 18.4. The summed E-state index contributed by atoms with van der Waals surface area (Å²) in [6, 6.07) is 11.1. The second-order valence-electron chi connectivity index (χ2n) is 7.82. The highest BCUT2D eigenvalue weighted by atomic mass is 16.2. The van der Waals surface area contributed by atoms with Crippen molar-refractivity contribution in [1.82, 2.24) is 30.1 Å². The lowest BCUT2D eigenvalue weighted by Gasteiger charge is -2.40. The molecule has 1 fully saturated rings. The molecule has 0 radical (unpaired) electrons. The molecule has 1 aliphatic rings. The number of nitriles is 1. The number of carbonyl (C=O) groups excluding carboxylic acids is 1. The molecule has 1 saturated heterocycles. The van der Waals surface area contributed by atoms with E-state index >= 15 is 0 Å². The first-order valence-electron chi connectivity index (χ1n) is 10.3. The number of hydrogen-bond acceptors (Lipinski definition) is 7. The number of likely N-dealkylation sites (tertiary alicyclic amines) is 1. The zero-order valence-corrected chi connectivity index (χ0v) is 17.6. The van der Waals surface area contributed by atoms with Crippen LogP contribution in [0.1, 0.15) is 41.4 Å². The van der Waals surface area contributed by atoms with Gasteiger partial charge in [-0.25, -0.2) is 0 Å². The fourth-order valence-electron chi connectivity index (χ4n) is 4.00. The van der Waals surface area contributed by atoms with Gasteiger partial charge in [-0.3, -0.25) is 4.79 Å². The molecule has 2 atom stereocenters. The van der Waals surface area contributed by atoms with Crippen molar-refractivity contribution >= 4 is 11.7 Å². The minimum atomic E-state index is -0.0275. The average molecular weight is 416 g/mol. The SMILES string of the molecule is Cc1ccc(-n2nccn2)c(C(=O)N2CCC[C@@H](C)C2CNc2ccc(C#N)nn2)c1. The molecule has 31 heavy (non-hydrogen) atoms. The Morgan fingerprint density at radius 3 is 2.74 bits per heavy atom. The van der Waals surface area contributed by atoms with Gasteiger partial charge in [-0.15, -0.1) is 10.2 Å². The van der Waals surface area contributed by atoms with E-state index in [0.29, 0.717) is 36.1 Å². The number of amides is 1. The summed E-state index contributed by atoms with van der Waals surface area (Å²) in [6.45, 7) is 5.38. The summed E-state index contributed by atoms with van der Waals surface area (Å²) in [5.74, 6) is 0.883. The van der Waals surface area contributed by atoms with E-state index in [-0.39, 0.29) is 17.6 Å². The Labute approximate surface area is 180 Å². The van der Waals surface area contributed by atoms with Crippen LogP contribution in [0.4, 0.5) is 5.82 Å². The van der Waals surface area contributed by atoms with Crippen LogP contribution in [0.2, 0.25) is 0 Å². The Bertz CT molecular complexity index is 1090. The first kappa shape index (κ1) is 20.5. The Hall–Kier alpha value is -3.80. The molecular formula is C22H24N8O. The van der Waals surface area contributed by atoms with Gasteiger partial charge in [-0.2, -0.15) is 20.3 Å². The largest absolute Gasteiger partial charge is 0.367 e. The van der Waals surface area contributed by atoms with Gasteiger partial charge in [0.15, 0.2) is 5.69 Å². The Morgan fingerprint density at radius 1 is 1.23 bits per heavy atom. The molecule has 0 aliphatic carbocycles. The van der Waals surface area contributed by atoms with E-state index < -0.39 is 0 Å². The van der Waals surface area contributed by atoms with E-state index in [4.69, 9.17) is 5.26 Å². The Morgan fingerprint density at radius 2 is 2.03 bits per heavy atom. The van der Waals surface area contributed by atoms with Crippen LogP contribution in [0, 0.1) is 24.2 Å². The van der Waals surface area contributed by atoms with Crippen LogP contribution in [0.5, 0.6) is 0 Å². The maximum Gasteiger partial charge on any atom is 0.256 e. The molecule has 0 spiro atoms. The molecule has 9 nitrogen and oxygen atoms in total. The lowest BCUT2D eigenvalue weighted by molar-refractivity contribution is 0.0539. The lowest BCUT2D eigenvalue weighted by Crippen LogP contribution is -2.51. The van der Waals surface area contributed by atoms with Crippen LogP contribution < -0.4 is 5.32 Å². The smallest absolute Gasteiger partial charge is 0.256 e. The molecule has 4 rings (SSSR count). The Kier molecular flexibility index (Phi) is 5.89. The summed E-state index contributed by atoms with van der Waals surface area (Å²) >= 11 is 0. The minimum absolute atomic E-state index is 0.00219. The van der Waals surface area contributed by atoms with Crippen molar-refractivity contribution in [3.63, 3.8) is 0 Å². The number of rotatable bonds is 5. The van der Waals surface area contributed by atoms with Gasteiger partial charge >= 0.3 is 0 Å². The zero-order chi connectivity index (χ0) is 21.8. The molecular weight excluding hydrogens is 392 g/mol. The molecule has 1 unspecified atom stereocenters. The van der Waals surface area contributed by atoms with E-state index in [1.807, 2.05) is 36.1 Å². The monoisotopic (exact) mass is 416 g/mol. The average Bonchev–Trinajstić information content (AvgIpc) is 3.32. The number of benzene rings is 1. The third-order valence-electron chi connectivity index (χ3n) is 5.66. The molecule has 3 aromatic rings. The van der Waals surface area contributed by atoms with Crippen molar-refractivity contribution < 1.29 is 4.79 Å². The summed E-state index contributed by atoms with van der Waals surface area (Å²) in [4.78, 5) is 17.1. The number of nitrogens with zero attached hydrogens (tertiary/aromatic N) is 7. The summed E-state index contributed by atoms with van der Waals surface area (Å²) in [5.41, 5.74) is 2.54. The second-order valence-corrected chi connectivity index (χ2v) is 7.82. The van der Waals surface area contributed by atoms with Gasteiger partial charge in [0.25, 0.3) is 5.91 Å². The third-order valence-corrected chi connectivity index (χ3v) is 5.66. The van der Waals surface area contributed by atoms with Crippen LogP contribution in [0.15, 0.2) is 42.7 Å². The van der Waals surface area contributed by atoms with E-state index in [2.05, 4.69) is 32.6 Å². The fraction of sp³-hybridized carbons (Fsp3) is 0.364. The lowest BCUT2D eigenvalue weighted by atomic mass is 9.89. The summed E-state index contributed by atoms with van der Waals surface area (Å²) in [7, 11) is 0. The summed E-state index contributed by atoms with van der Waals surface area (Å²) in [5, 5.41) is 28.5. The number of piperidine rings is 1. The number of nitrogens with one attached hydrogen (secondary N) is 1. The highest BCUT2D eigenvalue weighted by Crippen LogP contribution is 2.27. The van der Waals surface area contributed by atoms with Gasteiger partial charge in [0.2, 0.25) is 0 Å². The first-order chi connectivity index (χ1) is 15.1. The van der Waals surface area contributed by atoms with Gasteiger partial charge in [0.05, 0.1) is 29.7 Å². The number of hydrogen-bond donors (Lipinski definition) is 1. The van der Waals surface area contributed by atoms with Gasteiger partial charge in [-0.1, -0.05) is 18.6 Å². The zero-order valence-electron chi connectivity index (χ0n) is 17.6. The molecule has 1 aromatic carbocycles. The van der Waals surface area contributed by atoms with Crippen molar-refractivity contribution in [2.24, 2.45) is 5.92 Å². The molecule has 2 aromatic heterocycles. The number of anilines is 1. The molecule has 3 heterocycles. The van der Waals surface area contributed by atoms with Crippen molar-refractivity contribution in [1.29, 1.82) is 5.26 Å². The molecule has 9 heteroatoms. The van der Waals surface area contributed by atoms with E-state index in [9.17, 15) is 4.79 Å². The van der Waals surface area contributed by atoms with E-state index in [1.54, 1.807) is 24.5 Å². The van der Waals surface area contributed by atoms with E-state index in [0.717, 1.165) is 18.4 Å². The van der Waals surface area contributed by atoms with Gasteiger partial charge in [0.1, 0.15) is 11.9 Å². The van der Waals surface area contributed by atoms with Crippen LogP contribution in [0.25, 0.3) is 5.69 Å². The molecule has 1 amide bonds. The third kappa shape index (κ3) is 4.38. The number of aryl methyl sites for hydroxylation is 1. The summed E-state index contributed by atoms with van der Waals surface area (Å²) < 4.78 is 0. The highest BCUT2D eigenvalue weighted by Gasteiger charge is 2.33. The first-order valence-corrected chi connectivity index (χ1v) is 10.3. The van der Waals surface area contributed by atoms with Crippen molar-refractivity contribution in [3.05, 3.63) is 59.5 Å². The number of aromatic nitrogens is 5. The number of carbonyl (C=O) groups is 1. The van der Waals surface area contributed by atoms with Gasteiger partial charge in [-0.05, 0) is 49.9 Å². The molecule has 1 N–H and O–H groups in total. The quantitative estimate of drug-likeness (QED) is 0.680. The van der Waals surface area contributed by atoms with Gasteiger partial charge < -0.3 is 10.2 Å². The molecule has 1 aliphatic heterocycles. The van der Waals surface area contributed by atoms with Crippen molar-refractivity contribution in [2.45, 2.75) is 32.7 Å². The van der Waals surface area contributed by atoms with E-state index in [1.165, 1.54) is 4.80 Å². The second kappa shape index (κ2) is 8.92. The van der Waals surface area contributed by atoms with Crippen molar-refractivity contribution in [2.75, 3.05) is 18.4 Å². The molecule has 0 bridgehead atoms. The topological polar surface area (TPSA) is 113 Å². The van der Waals surface area contributed by atoms with Gasteiger partial charge in [0, 0.05) is 13.1 Å². The van der Waals surface area contributed by atoms with Crippen molar-refractivity contribution in [3.8, 4) is 11.8 Å². The fourth-order valence-corrected chi connectivity index (χ4v) is 4.00. The van der Waals surface area contributed by atoms with Crippen LogP contribution >= 0.6 is 0 Å². The Balaban J connectivity index is 1.58. The van der Waals surface area contributed by atoms with Crippen LogP contribution in [-0.2, 0) is 0 Å². The maximum atomic E-state index is 13.7. The molecule has 0 saturated carbocycles. The standard InChI is InChI=1S/C22H24N8O/c1-15-5-7-19(30-25-9-10-26-30)18(12-15)22(31)29-11-3-4-16(2)20(29)14-24-21-8-6-17(13-23)27-28-21/h5-10,12,16,20H,3-4,11,14H2,1-2H3,(H,24,28)/t16-,20?/m1/s1.